The van der Waals surface area contributed by atoms with Crippen LogP contribution in [-0.4, -0.2) is 20.4 Å². The van der Waals surface area contributed by atoms with Gasteiger partial charge in [0.1, 0.15) is 0 Å². The number of para-hydroxylation sites is 2. The molecule has 0 N–H and O–H groups in total. The fraction of sp³-hybridized carbons (Fsp3) is 0.0645. The molecular formula is C31H24N4O. The van der Waals surface area contributed by atoms with E-state index in [1.165, 1.54) is 10.2 Å². The lowest BCUT2D eigenvalue weighted by molar-refractivity contribution is 0.802. The highest BCUT2D eigenvalue weighted by Crippen LogP contribution is 2.26. The molecule has 0 aliphatic carbocycles. The molecule has 0 aliphatic rings. The summed E-state index contributed by atoms with van der Waals surface area (Å²) >= 11 is 0. The number of rotatable bonds is 5. The SMILES string of the molecule is Cc1c(C=Nn2c(-c3ccccc3)nc3ccccc3c2=O)c2ccccc2n1Cc1ccccc1. The van der Waals surface area contributed by atoms with Crippen LogP contribution in [0.15, 0.2) is 119 Å². The van der Waals surface area contributed by atoms with E-state index in [2.05, 4.69) is 54.0 Å². The van der Waals surface area contributed by atoms with Crippen molar-refractivity contribution < 1.29 is 0 Å². The molecule has 0 atom stereocenters. The van der Waals surface area contributed by atoms with Crippen LogP contribution in [0.3, 0.4) is 0 Å². The molecule has 0 bridgehead atoms. The van der Waals surface area contributed by atoms with Crippen molar-refractivity contribution in [2.75, 3.05) is 0 Å². The van der Waals surface area contributed by atoms with Gasteiger partial charge < -0.3 is 4.57 Å². The minimum absolute atomic E-state index is 0.193. The second-order valence-corrected chi connectivity index (χ2v) is 8.77. The third-order valence-electron chi connectivity index (χ3n) is 6.55. The Bertz CT molecular complexity index is 1780. The molecule has 0 unspecified atom stereocenters. The van der Waals surface area contributed by atoms with E-state index in [0.29, 0.717) is 16.7 Å². The van der Waals surface area contributed by atoms with Crippen molar-refractivity contribution in [2.24, 2.45) is 5.10 Å². The first-order valence-corrected chi connectivity index (χ1v) is 11.9. The molecule has 4 aromatic carbocycles. The van der Waals surface area contributed by atoms with Gasteiger partial charge in [0.25, 0.3) is 5.56 Å². The highest BCUT2D eigenvalue weighted by molar-refractivity contribution is 6.01. The quantitative estimate of drug-likeness (QED) is 0.281. The average Bonchev–Trinajstić information content (AvgIpc) is 3.19. The van der Waals surface area contributed by atoms with Gasteiger partial charge >= 0.3 is 0 Å². The van der Waals surface area contributed by atoms with E-state index >= 15 is 0 Å². The number of benzene rings is 4. The van der Waals surface area contributed by atoms with Crippen LogP contribution in [0, 0.1) is 6.92 Å². The molecule has 5 nitrogen and oxygen atoms in total. The second-order valence-electron chi connectivity index (χ2n) is 8.77. The van der Waals surface area contributed by atoms with Crippen LogP contribution in [0.4, 0.5) is 0 Å². The predicted molar refractivity (Wildman–Crippen MR) is 147 cm³/mol. The van der Waals surface area contributed by atoms with Gasteiger partial charge in [0.2, 0.25) is 0 Å². The summed E-state index contributed by atoms with van der Waals surface area (Å²) in [5.74, 6) is 0.515. The highest BCUT2D eigenvalue weighted by Gasteiger charge is 2.15. The van der Waals surface area contributed by atoms with Crippen molar-refractivity contribution in [3.63, 3.8) is 0 Å². The standard InChI is InChI=1S/C31H24N4O/c1-22-27(25-16-9-11-19-29(25)34(22)21-23-12-4-2-5-13-23)20-32-35-30(24-14-6-3-7-15-24)33-28-18-10-8-17-26(28)31(35)36/h2-20H,21H2,1H3. The van der Waals surface area contributed by atoms with E-state index in [0.717, 1.165) is 34.3 Å². The zero-order valence-corrected chi connectivity index (χ0v) is 19.9. The molecule has 36 heavy (non-hydrogen) atoms. The van der Waals surface area contributed by atoms with Crippen molar-refractivity contribution >= 4 is 28.0 Å². The lowest BCUT2D eigenvalue weighted by Gasteiger charge is -2.10. The molecule has 6 aromatic rings. The van der Waals surface area contributed by atoms with E-state index in [-0.39, 0.29) is 5.56 Å². The maximum Gasteiger partial charge on any atom is 0.282 e. The Balaban J connectivity index is 1.53. The molecule has 0 aliphatic heterocycles. The maximum atomic E-state index is 13.5. The van der Waals surface area contributed by atoms with E-state index in [4.69, 9.17) is 10.1 Å². The minimum Gasteiger partial charge on any atom is -0.340 e. The van der Waals surface area contributed by atoms with E-state index in [9.17, 15) is 4.79 Å². The Labute approximate surface area is 208 Å². The molecule has 6 rings (SSSR count). The maximum absolute atomic E-state index is 13.5. The lowest BCUT2D eigenvalue weighted by atomic mass is 10.1. The highest BCUT2D eigenvalue weighted by atomic mass is 16.1. The van der Waals surface area contributed by atoms with Gasteiger partial charge in [-0.1, -0.05) is 91.0 Å². The molecule has 174 valence electrons. The van der Waals surface area contributed by atoms with Gasteiger partial charge in [0.15, 0.2) is 5.82 Å². The van der Waals surface area contributed by atoms with Gasteiger partial charge in [-0.05, 0) is 30.7 Å². The number of hydrogen-bond acceptors (Lipinski definition) is 3. The summed E-state index contributed by atoms with van der Waals surface area (Å²) in [7, 11) is 0. The zero-order valence-electron chi connectivity index (χ0n) is 19.9. The molecular weight excluding hydrogens is 444 g/mol. The van der Waals surface area contributed by atoms with Gasteiger partial charge in [0.05, 0.1) is 17.1 Å². The number of hydrogen-bond donors (Lipinski definition) is 0. The summed E-state index contributed by atoms with van der Waals surface area (Å²) in [6.07, 6.45) is 1.80. The molecule has 0 amide bonds. The predicted octanol–water partition coefficient (Wildman–Crippen LogP) is 6.26. The Hall–Kier alpha value is -4.77. The Morgan fingerprint density at radius 1 is 0.778 bits per heavy atom. The Morgan fingerprint density at radius 2 is 1.42 bits per heavy atom. The third-order valence-corrected chi connectivity index (χ3v) is 6.55. The summed E-state index contributed by atoms with van der Waals surface area (Å²) in [5.41, 5.74) is 5.73. The van der Waals surface area contributed by atoms with Crippen molar-refractivity contribution in [1.29, 1.82) is 0 Å². The first-order valence-electron chi connectivity index (χ1n) is 11.9. The van der Waals surface area contributed by atoms with Crippen LogP contribution < -0.4 is 5.56 Å². The average molecular weight is 469 g/mol. The van der Waals surface area contributed by atoms with Crippen LogP contribution in [0.5, 0.6) is 0 Å². The van der Waals surface area contributed by atoms with Gasteiger partial charge in [-0.25, -0.2) is 4.98 Å². The van der Waals surface area contributed by atoms with Crippen LogP contribution in [0.25, 0.3) is 33.2 Å². The minimum atomic E-state index is -0.193. The first kappa shape index (κ1) is 21.7. The number of fused-ring (bicyclic) bond motifs is 2. The van der Waals surface area contributed by atoms with Crippen molar-refractivity contribution in [3.05, 3.63) is 136 Å². The van der Waals surface area contributed by atoms with Crippen molar-refractivity contribution in [1.82, 2.24) is 14.2 Å². The van der Waals surface area contributed by atoms with Gasteiger partial charge in [-0.15, -0.1) is 0 Å². The van der Waals surface area contributed by atoms with Crippen molar-refractivity contribution in [2.45, 2.75) is 13.5 Å². The normalized spacial score (nSPS) is 11.6. The van der Waals surface area contributed by atoms with E-state index in [1.54, 1.807) is 12.3 Å². The van der Waals surface area contributed by atoms with E-state index < -0.39 is 0 Å². The summed E-state index contributed by atoms with van der Waals surface area (Å²) in [4.78, 5) is 18.4. The van der Waals surface area contributed by atoms with Crippen LogP contribution in [-0.2, 0) is 6.54 Å². The molecule has 5 heteroatoms. The van der Waals surface area contributed by atoms with Crippen LogP contribution in [0.2, 0.25) is 0 Å². The largest absolute Gasteiger partial charge is 0.340 e. The third kappa shape index (κ3) is 3.81. The fourth-order valence-electron chi connectivity index (χ4n) is 4.71. The van der Waals surface area contributed by atoms with Crippen LogP contribution in [0.1, 0.15) is 16.8 Å². The lowest BCUT2D eigenvalue weighted by Crippen LogP contribution is -2.20. The molecule has 0 saturated carbocycles. The summed E-state index contributed by atoms with van der Waals surface area (Å²) in [6.45, 7) is 2.86. The smallest absolute Gasteiger partial charge is 0.282 e. The van der Waals surface area contributed by atoms with Gasteiger partial charge in [-0.2, -0.15) is 9.78 Å². The van der Waals surface area contributed by atoms with Gasteiger partial charge in [-0.3, -0.25) is 4.79 Å². The molecule has 0 radical (unpaired) electrons. The van der Waals surface area contributed by atoms with E-state index in [1.807, 2.05) is 60.7 Å². The molecule has 2 aromatic heterocycles. The fourth-order valence-corrected chi connectivity index (χ4v) is 4.71. The topological polar surface area (TPSA) is 52.2 Å². The Morgan fingerprint density at radius 3 is 2.19 bits per heavy atom. The van der Waals surface area contributed by atoms with Crippen LogP contribution >= 0.6 is 0 Å². The molecule has 0 spiro atoms. The number of nitrogens with zero attached hydrogens (tertiary/aromatic N) is 4. The Kier molecular flexibility index (Phi) is 5.51. The summed E-state index contributed by atoms with van der Waals surface area (Å²) < 4.78 is 3.71. The van der Waals surface area contributed by atoms with Gasteiger partial charge in [0, 0.05) is 34.3 Å². The zero-order chi connectivity index (χ0) is 24.5. The monoisotopic (exact) mass is 468 g/mol. The summed E-state index contributed by atoms with van der Waals surface area (Å²) in [6, 6.07) is 35.8. The molecule has 0 fully saturated rings. The number of aromatic nitrogens is 3. The second kappa shape index (κ2) is 9.12. The molecule has 0 saturated heterocycles. The summed E-state index contributed by atoms with van der Waals surface area (Å²) in [5, 5.41) is 6.37. The van der Waals surface area contributed by atoms with Crippen molar-refractivity contribution in [3.8, 4) is 11.4 Å². The molecule has 2 heterocycles. The first-order chi connectivity index (χ1) is 17.7.